The first-order valence-electron chi connectivity index (χ1n) is 24.1. The Labute approximate surface area is 361 Å². The molecule has 0 unspecified atom stereocenters. The molecule has 0 aliphatic carbocycles. The van der Waals surface area contributed by atoms with E-state index < -0.39 is 53.3 Å². The summed E-state index contributed by atoms with van der Waals surface area (Å²) in [5.74, 6) is 0.699. The number of imidazole rings is 1. The number of fused-ring (bicyclic) bond motifs is 1. The number of rotatable bonds is 6. The lowest BCUT2D eigenvalue weighted by atomic mass is 9.79. The first-order chi connectivity index (χ1) is 31.3. The average Bonchev–Trinajstić information content (AvgIpc) is 3.65. The Balaban J connectivity index is 1.48. The van der Waals surface area contributed by atoms with Crippen LogP contribution in [0.25, 0.3) is 72.7 Å². The highest BCUT2D eigenvalue weighted by atomic mass is 16.3. The summed E-state index contributed by atoms with van der Waals surface area (Å²) < 4.78 is 71.6. The van der Waals surface area contributed by atoms with Crippen molar-refractivity contribution in [2.24, 2.45) is 0 Å². The number of aromatic nitrogens is 3. The normalized spacial score (nSPS) is 14.2. The zero-order valence-corrected chi connectivity index (χ0v) is 35.5. The van der Waals surface area contributed by atoms with Crippen molar-refractivity contribution < 1.29 is 16.1 Å². The molecule has 4 nitrogen and oxygen atoms in total. The first kappa shape index (κ1) is 30.8. The Morgan fingerprint density at radius 3 is 1.97 bits per heavy atom. The average molecular weight is 782 g/mol. The van der Waals surface area contributed by atoms with Gasteiger partial charge in [0, 0.05) is 28.4 Å². The molecule has 296 valence electrons. The number of phenolic OH excluding ortho intramolecular Hbond substituents is 1. The third-order valence-corrected chi connectivity index (χ3v) is 10.9. The zero-order chi connectivity index (χ0) is 48.8. The number of phenols is 1. The van der Waals surface area contributed by atoms with Gasteiger partial charge >= 0.3 is 0 Å². The lowest BCUT2D eigenvalue weighted by molar-refractivity contribution is 0.446. The minimum atomic E-state index is -0.599. The van der Waals surface area contributed by atoms with Gasteiger partial charge in [0.15, 0.2) is 0 Å². The van der Waals surface area contributed by atoms with Crippen molar-refractivity contribution in [3.05, 3.63) is 168 Å². The third-order valence-electron chi connectivity index (χ3n) is 10.9. The number of aromatic hydroxyl groups is 1. The van der Waals surface area contributed by atoms with Gasteiger partial charge in [0.2, 0.25) is 0 Å². The van der Waals surface area contributed by atoms with E-state index in [-0.39, 0.29) is 34.0 Å². The molecule has 2 heterocycles. The Morgan fingerprint density at radius 1 is 0.576 bits per heavy atom. The van der Waals surface area contributed by atoms with Crippen LogP contribution in [-0.4, -0.2) is 19.6 Å². The second-order valence-corrected chi connectivity index (χ2v) is 18.5. The molecule has 0 radical (unpaired) electrons. The fourth-order valence-electron chi connectivity index (χ4n) is 7.57. The molecule has 0 saturated heterocycles. The number of benzene rings is 6. The number of hydrogen-bond acceptors (Lipinski definition) is 3. The minimum absolute atomic E-state index is 0.0272. The van der Waals surface area contributed by atoms with Crippen LogP contribution in [0.5, 0.6) is 5.75 Å². The number of hydrogen-bond donors (Lipinski definition) is 1. The monoisotopic (exact) mass is 781 g/mol. The number of aryl methyl sites for hydroxylation is 1. The van der Waals surface area contributed by atoms with Crippen LogP contribution in [0, 0.1) is 6.92 Å². The second-order valence-electron chi connectivity index (χ2n) is 18.5. The Morgan fingerprint density at radius 2 is 1.27 bits per heavy atom. The van der Waals surface area contributed by atoms with Crippen molar-refractivity contribution in [2.45, 2.75) is 85.5 Å². The van der Waals surface area contributed by atoms with E-state index in [1.807, 2.05) is 48.5 Å². The van der Waals surface area contributed by atoms with Crippen LogP contribution in [0.4, 0.5) is 0 Å². The van der Waals surface area contributed by atoms with Crippen molar-refractivity contribution in [3.63, 3.8) is 0 Å². The third kappa shape index (κ3) is 7.72. The Kier molecular flexibility index (Phi) is 7.74. The molecule has 0 bridgehead atoms. The molecule has 0 spiro atoms. The highest BCUT2D eigenvalue weighted by Crippen LogP contribution is 2.46. The van der Waals surface area contributed by atoms with Crippen LogP contribution in [0.2, 0.25) is 0 Å². The summed E-state index contributed by atoms with van der Waals surface area (Å²) in [4.78, 5) is 10.0. The van der Waals surface area contributed by atoms with Crippen molar-refractivity contribution in [1.82, 2.24) is 14.5 Å². The van der Waals surface area contributed by atoms with Crippen molar-refractivity contribution >= 4 is 11.0 Å². The quantitative estimate of drug-likeness (QED) is 0.183. The predicted octanol–water partition coefficient (Wildman–Crippen LogP) is 14.7. The van der Waals surface area contributed by atoms with Crippen molar-refractivity contribution in [1.29, 1.82) is 0 Å². The lowest BCUT2D eigenvalue weighted by Crippen LogP contribution is -2.17. The molecule has 0 aliphatic rings. The first-order valence-corrected chi connectivity index (χ1v) is 20.1. The highest BCUT2D eigenvalue weighted by molar-refractivity contribution is 5.98. The van der Waals surface area contributed by atoms with Crippen LogP contribution >= 0.6 is 0 Å². The van der Waals surface area contributed by atoms with E-state index in [0.29, 0.717) is 22.5 Å². The van der Waals surface area contributed by atoms with E-state index in [0.717, 1.165) is 55.7 Å². The van der Waals surface area contributed by atoms with Gasteiger partial charge in [-0.1, -0.05) is 159 Å². The van der Waals surface area contributed by atoms with Gasteiger partial charge < -0.3 is 5.11 Å². The van der Waals surface area contributed by atoms with E-state index >= 15 is 0 Å². The number of para-hydroxylation sites is 1. The summed E-state index contributed by atoms with van der Waals surface area (Å²) in [6, 6.07) is 28.8. The number of pyridine rings is 1. The summed E-state index contributed by atoms with van der Waals surface area (Å²) >= 11 is 0. The largest absolute Gasteiger partial charge is 0.507 e. The summed E-state index contributed by atoms with van der Waals surface area (Å²) in [7, 11) is 0. The van der Waals surface area contributed by atoms with Gasteiger partial charge in [-0.05, 0) is 105 Å². The summed E-state index contributed by atoms with van der Waals surface area (Å²) in [5, 5.41) is 12.5. The van der Waals surface area contributed by atoms with Gasteiger partial charge in [-0.15, -0.1) is 0 Å². The predicted molar refractivity (Wildman–Crippen MR) is 249 cm³/mol. The van der Waals surface area contributed by atoms with Gasteiger partial charge in [0.25, 0.3) is 0 Å². The molecular weight excluding hydrogens is 719 g/mol. The maximum Gasteiger partial charge on any atom is 0.149 e. The maximum atomic E-state index is 12.5. The van der Waals surface area contributed by atoms with E-state index in [1.165, 1.54) is 0 Å². The molecule has 6 aromatic carbocycles. The molecule has 59 heavy (non-hydrogen) atoms. The van der Waals surface area contributed by atoms with Crippen molar-refractivity contribution in [2.75, 3.05) is 0 Å². The van der Waals surface area contributed by atoms with Gasteiger partial charge in [0.1, 0.15) is 11.6 Å². The van der Waals surface area contributed by atoms with Gasteiger partial charge in [-0.2, -0.15) is 0 Å². The SMILES string of the molecule is [2H]c1nc(-c2cc(-c3cccc4c3nc(-c3cc(C(C)(C)C)cc(C(C)(C)C)c3O)n4-c3ccc(C)cc3-c3ccccc3)cc(C(C)(C)C)c2)c([2H])c(-c2c([2H])c([2H])c([2H])c([2H])c2[2H])c1[2H]. The Hall–Kier alpha value is -6.26. The van der Waals surface area contributed by atoms with Crippen molar-refractivity contribution in [3.8, 4) is 67.5 Å². The molecule has 0 fully saturated rings. The molecule has 0 atom stereocenters. The smallest absolute Gasteiger partial charge is 0.149 e. The fourth-order valence-corrected chi connectivity index (χ4v) is 7.57. The van der Waals surface area contributed by atoms with E-state index in [2.05, 4.69) is 127 Å². The molecule has 8 rings (SSSR count). The fraction of sp³-hybridized carbons (Fsp3) is 0.236. The van der Waals surface area contributed by atoms with Gasteiger partial charge in [0.05, 0.1) is 38.9 Å². The molecule has 0 aliphatic heterocycles. The van der Waals surface area contributed by atoms with Crippen LogP contribution in [0.1, 0.15) is 95.5 Å². The van der Waals surface area contributed by atoms with Gasteiger partial charge in [-0.3, -0.25) is 9.55 Å². The van der Waals surface area contributed by atoms with Crippen LogP contribution < -0.4 is 0 Å². The molecule has 1 N–H and O–H groups in total. The molecule has 8 aromatic rings. The minimum Gasteiger partial charge on any atom is -0.507 e. The molecule has 0 amide bonds. The molecular formula is C55H55N3O. The summed E-state index contributed by atoms with van der Waals surface area (Å²) in [6.45, 7) is 21.1. The number of nitrogens with zero attached hydrogens (tertiary/aromatic N) is 3. The zero-order valence-electron chi connectivity index (χ0n) is 43.5. The molecule has 0 saturated carbocycles. The lowest BCUT2D eigenvalue weighted by Gasteiger charge is -2.27. The second kappa shape index (κ2) is 14.8. The van der Waals surface area contributed by atoms with Crippen LogP contribution in [0.15, 0.2) is 146 Å². The van der Waals surface area contributed by atoms with E-state index in [4.69, 9.17) is 14.6 Å². The van der Waals surface area contributed by atoms with Crippen LogP contribution in [0.3, 0.4) is 0 Å². The standard InChI is InChI=1S/C55H55N3O/c1-35-24-25-48(44(28-35)37-20-15-12-16-21-37)58-49-23-17-22-43(50(49)57-52(58)45-33-42(54(5,6)7)34-46(51(45)59)55(8,9)10)39-29-40(31-41(30-39)53(2,3)4)47-32-38(26-27-56-47)36-18-13-11-14-19-36/h11-34,59H,1-10H3/i11D,13D,14D,18D,19D,26D,27D,32D. The topological polar surface area (TPSA) is 50.9 Å². The maximum absolute atomic E-state index is 12.5. The van der Waals surface area contributed by atoms with E-state index in [9.17, 15) is 6.48 Å². The van der Waals surface area contributed by atoms with E-state index in [1.54, 1.807) is 0 Å². The highest BCUT2D eigenvalue weighted by Gasteiger charge is 2.29. The molecule has 2 aromatic heterocycles. The Bertz CT molecular complexity index is 3270. The summed E-state index contributed by atoms with van der Waals surface area (Å²) in [5.41, 5.74) is 8.95. The van der Waals surface area contributed by atoms with Crippen LogP contribution in [-0.2, 0) is 16.2 Å². The van der Waals surface area contributed by atoms with Gasteiger partial charge in [-0.25, -0.2) is 4.98 Å². The molecule has 4 heteroatoms. The summed E-state index contributed by atoms with van der Waals surface area (Å²) in [6.07, 6.45) is -0.500.